The van der Waals surface area contributed by atoms with Crippen LogP contribution in [0.1, 0.15) is 23.0 Å². The third-order valence-electron chi connectivity index (χ3n) is 3.13. The predicted octanol–water partition coefficient (Wildman–Crippen LogP) is 2.88. The average Bonchev–Trinajstić information content (AvgIpc) is 2.85. The van der Waals surface area contributed by atoms with Crippen LogP contribution in [0.5, 0.6) is 11.5 Å². The molecule has 0 aliphatic carbocycles. The predicted molar refractivity (Wildman–Crippen MR) is 71.7 cm³/mol. The Hall–Kier alpha value is -1.94. The molecule has 1 atom stereocenters. The zero-order valence-electron chi connectivity index (χ0n) is 11.3. The molecular weight excluding hydrogens is 244 g/mol. The van der Waals surface area contributed by atoms with Crippen molar-refractivity contribution < 1.29 is 19.0 Å². The smallest absolute Gasteiger partial charge is 0.160 e. The van der Waals surface area contributed by atoms with Gasteiger partial charge in [-0.2, -0.15) is 0 Å². The summed E-state index contributed by atoms with van der Waals surface area (Å²) >= 11 is 0. The highest BCUT2D eigenvalue weighted by atomic mass is 16.5. The normalized spacial score (nSPS) is 12.2. The Kier molecular flexibility index (Phi) is 4.12. The van der Waals surface area contributed by atoms with Crippen LogP contribution in [-0.4, -0.2) is 19.3 Å². The molecule has 1 aromatic carbocycles. The molecule has 102 valence electrons. The number of benzene rings is 1. The van der Waals surface area contributed by atoms with Crippen molar-refractivity contribution in [2.75, 3.05) is 14.2 Å². The quantitative estimate of drug-likeness (QED) is 0.900. The van der Waals surface area contributed by atoms with Gasteiger partial charge >= 0.3 is 0 Å². The second-order valence-corrected chi connectivity index (χ2v) is 4.34. The van der Waals surface area contributed by atoms with Gasteiger partial charge in [-0.1, -0.05) is 6.07 Å². The van der Waals surface area contributed by atoms with E-state index in [0.717, 1.165) is 16.9 Å². The largest absolute Gasteiger partial charge is 0.493 e. The molecule has 1 aromatic heterocycles. The van der Waals surface area contributed by atoms with E-state index >= 15 is 0 Å². The van der Waals surface area contributed by atoms with Crippen LogP contribution >= 0.6 is 0 Å². The number of aliphatic hydroxyl groups is 1. The van der Waals surface area contributed by atoms with Crippen molar-refractivity contribution in [2.45, 2.75) is 19.4 Å². The van der Waals surface area contributed by atoms with Gasteiger partial charge in [0.25, 0.3) is 0 Å². The maximum atomic E-state index is 10.2. The summed E-state index contributed by atoms with van der Waals surface area (Å²) in [5.74, 6) is 2.09. The van der Waals surface area contributed by atoms with E-state index < -0.39 is 6.10 Å². The van der Waals surface area contributed by atoms with E-state index in [-0.39, 0.29) is 0 Å². The van der Waals surface area contributed by atoms with Crippen LogP contribution in [0, 0.1) is 6.92 Å². The maximum absolute atomic E-state index is 10.2. The lowest BCUT2D eigenvalue weighted by molar-refractivity contribution is 0.176. The molecule has 0 fully saturated rings. The van der Waals surface area contributed by atoms with Crippen molar-refractivity contribution in [3.05, 3.63) is 47.4 Å². The van der Waals surface area contributed by atoms with Gasteiger partial charge in [-0.25, -0.2) is 0 Å². The van der Waals surface area contributed by atoms with Gasteiger partial charge in [-0.05, 0) is 30.7 Å². The standard InChI is InChI=1S/C15H18O4/c1-10-12(6-7-19-10)13(16)8-11-4-5-14(17-2)15(9-11)18-3/h4-7,9,13,16H,8H2,1-3H3. The molecule has 0 amide bonds. The number of hydrogen-bond donors (Lipinski definition) is 1. The second kappa shape index (κ2) is 5.80. The zero-order chi connectivity index (χ0) is 13.8. The van der Waals surface area contributed by atoms with E-state index in [9.17, 15) is 5.11 Å². The molecule has 19 heavy (non-hydrogen) atoms. The average molecular weight is 262 g/mol. The molecule has 1 unspecified atom stereocenters. The van der Waals surface area contributed by atoms with Gasteiger partial charge in [-0.3, -0.25) is 0 Å². The Morgan fingerprint density at radius 1 is 1.16 bits per heavy atom. The molecule has 0 saturated carbocycles. The molecule has 2 rings (SSSR count). The Labute approximate surface area is 112 Å². The Bertz CT molecular complexity index is 545. The maximum Gasteiger partial charge on any atom is 0.160 e. The van der Waals surface area contributed by atoms with Gasteiger partial charge < -0.3 is 19.0 Å². The van der Waals surface area contributed by atoms with Crippen LogP contribution in [-0.2, 0) is 6.42 Å². The van der Waals surface area contributed by atoms with E-state index in [2.05, 4.69) is 0 Å². The molecule has 1 heterocycles. The van der Waals surface area contributed by atoms with Crippen molar-refractivity contribution in [3.8, 4) is 11.5 Å². The molecule has 0 spiro atoms. The van der Waals surface area contributed by atoms with Crippen LogP contribution in [0.4, 0.5) is 0 Å². The van der Waals surface area contributed by atoms with Crippen LogP contribution in [0.15, 0.2) is 34.9 Å². The van der Waals surface area contributed by atoms with Gasteiger partial charge in [0.1, 0.15) is 5.76 Å². The van der Waals surface area contributed by atoms with Gasteiger partial charge in [0.05, 0.1) is 26.6 Å². The highest BCUT2D eigenvalue weighted by Crippen LogP contribution is 2.30. The summed E-state index contributed by atoms with van der Waals surface area (Å²) < 4.78 is 15.6. The fourth-order valence-corrected chi connectivity index (χ4v) is 2.08. The lowest BCUT2D eigenvalue weighted by Crippen LogP contribution is -2.02. The van der Waals surface area contributed by atoms with E-state index in [1.807, 2.05) is 25.1 Å². The molecule has 4 nitrogen and oxygen atoms in total. The van der Waals surface area contributed by atoms with E-state index in [1.54, 1.807) is 26.5 Å². The molecule has 0 aliphatic rings. The first kappa shape index (κ1) is 13.5. The number of aliphatic hydroxyl groups excluding tert-OH is 1. The second-order valence-electron chi connectivity index (χ2n) is 4.34. The van der Waals surface area contributed by atoms with Crippen LogP contribution in [0.25, 0.3) is 0 Å². The van der Waals surface area contributed by atoms with Crippen molar-refractivity contribution in [1.29, 1.82) is 0 Å². The summed E-state index contributed by atoms with van der Waals surface area (Å²) in [5, 5.41) is 10.2. The summed E-state index contributed by atoms with van der Waals surface area (Å²) in [4.78, 5) is 0. The van der Waals surface area contributed by atoms with Crippen molar-refractivity contribution in [1.82, 2.24) is 0 Å². The number of ether oxygens (including phenoxy) is 2. The fraction of sp³-hybridized carbons (Fsp3) is 0.333. The fourth-order valence-electron chi connectivity index (χ4n) is 2.08. The number of hydrogen-bond acceptors (Lipinski definition) is 4. The number of aryl methyl sites for hydroxylation is 1. The summed E-state index contributed by atoms with van der Waals surface area (Å²) in [5.41, 5.74) is 1.79. The van der Waals surface area contributed by atoms with Crippen LogP contribution < -0.4 is 9.47 Å². The minimum atomic E-state index is -0.586. The number of furan rings is 1. The molecule has 0 bridgehead atoms. The summed E-state index contributed by atoms with van der Waals surface area (Å²) in [6.45, 7) is 1.84. The summed E-state index contributed by atoms with van der Waals surface area (Å²) in [6, 6.07) is 7.42. The number of rotatable bonds is 5. The summed E-state index contributed by atoms with van der Waals surface area (Å²) in [6.07, 6.45) is 1.50. The van der Waals surface area contributed by atoms with Gasteiger partial charge in [0.15, 0.2) is 11.5 Å². The first-order valence-corrected chi connectivity index (χ1v) is 6.08. The first-order valence-electron chi connectivity index (χ1n) is 6.08. The Morgan fingerprint density at radius 2 is 1.89 bits per heavy atom. The zero-order valence-corrected chi connectivity index (χ0v) is 11.3. The van der Waals surface area contributed by atoms with E-state index in [0.29, 0.717) is 17.9 Å². The highest BCUT2D eigenvalue weighted by molar-refractivity contribution is 5.43. The molecule has 4 heteroatoms. The van der Waals surface area contributed by atoms with Crippen molar-refractivity contribution >= 4 is 0 Å². The summed E-state index contributed by atoms with van der Waals surface area (Å²) in [7, 11) is 3.19. The first-order chi connectivity index (χ1) is 9.15. The Morgan fingerprint density at radius 3 is 2.47 bits per heavy atom. The molecule has 0 saturated heterocycles. The van der Waals surface area contributed by atoms with Crippen LogP contribution in [0.3, 0.4) is 0 Å². The third kappa shape index (κ3) is 2.90. The number of methoxy groups -OCH3 is 2. The third-order valence-corrected chi connectivity index (χ3v) is 3.13. The molecule has 0 aliphatic heterocycles. The minimum Gasteiger partial charge on any atom is -0.493 e. The van der Waals surface area contributed by atoms with Crippen LogP contribution in [0.2, 0.25) is 0 Å². The monoisotopic (exact) mass is 262 g/mol. The van der Waals surface area contributed by atoms with E-state index in [1.165, 1.54) is 0 Å². The molecule has 1 N–H and O–H groups in total. The van der Waals surface area contributed by atoms with Crippen molar-refractivity contribution in [3.63, 3.8) is 0 Å². The van der Waals surface area contributed by atoms with Gasteiger partial charge in [-0.15, -0.1) is 0 Å². The molecular formula is C15H18O4. The van der Waals surface area contributed by atoms with Gasteiger partial charge in [0.2, 0.25) is 0 Å². The molecule has 0 radical (unpaired) electrons. The lowest BCUT2D eigenvalue weighted by atomic mass is 10.0. The highest BCUT2D eigenvalue weighted by Gasteiger charge is 2.14. The Balaban J connectivity index is 2.17. The topological polar surface area (TPSA) is 51.8 Å². The molecule has 2 aromatic rings. The van der Waals surface area contributed by atoms with Crippen molar-refractivity contribution in [2.24, 2.45) is 0 Å². The SMILES string of the molecule is COc1ccc(CC(O)c2ccoc2C)cc1OC. The van der Waals surface area contributed by atoms with Gasteiger partial charge in [0, 0.05) is 12.0 Å². The minimum absolute atomic E-state index is 0.501. The van der Waals surface area contributed by atoms with E-state index in [4.69, 9.17) is 13.9 Å². The lowest BCUT2D eigenvalue weighted by Gasteiger charge is -2.12.